The number of aryl methyl sites for hydroxylation is 2. The van der Waals surface area contributed by atoms with Crippen molar-refractivity contribution in [1.29, 1.82) is 0 Å². The van der Waals surface area contributed by atoms with Crippen LogP contribution in [0.3, 0.4) is 0 Å². The number of carbonyl (C=O) groups excluding carboxylic acids is 1. The third kappa shape index (κ3) is 5.58. The maximum absolute atomic E-state index is 15.0. The molecule has 2 aromatic carbocycles. The highest BCUT2D eigenvalue weighted by Gasteiger charge is 2.38. The van der Waals surface area contributed by atoms with Gasteiger partial charge < -0.3 is 4.74 Å². The highest BCUT2D eigenvalue weighted by molar-refractivity contribution is 5.79. The molecule has 0 amide bonds. The van der Waals surface area contributed by atoms with Crippen LogP contribution in [0.15, 0.2) is 48.7 Å². The number of hydrogen-bond acceptors (Lipinski definition) is 4. The lowest BCUT2D eigenvalue weighted by atomic mass is 9.80. The molecule has 3 aliphatic rings. The zero-order valence-corrected chi connectivity index (χ0v) is 24.3. The van der Waals surface area contributed by atoms with Gasteiger partial charge in [-0.2, -0.15) is 0 Å². The number of Topliss-reactive ketones (excluding diaryl/α,β-unsaturated/α-hetero) is 1. The molecule has 4 atom stereocenters. The SMILES string of the molecule is CC(=O)[C@@H](C)[C@H](c1ccc2c(c1)OC(c1ccc(-c3cc(C)ncc3F)c(CN3CC[C@@H](C)C3)c1)CC2)C1CC1. The first kappa shape index (κ1) is 27.1. The molecule has 40 heavy (non-hydrogen) atoms. The highest BCUT2D eigenvalue weighted by atomic mass is 19.1. The van der Waals surface area contributed by atoms with Gasteiger partial charge in [-0.15, -0.1) is 0 Å². The molecular formula is C35H41FN2O2. The number of pyridine rings is 1. The summed E-state index contributed by atoms with van der Waals surface area (Å²) < 4.78 is 21.7. The minimum absolute atomic E-state index is 0.0190. The summed E-state index contributed by atoms with van der Waals surface area (Å²) in [7, 11) is 0. The first-order chi connectivity index (χ1) is 19.3. The molecule has 1 aromatic heterocycles. The fourth-order valence-corrected chi connectivity index (χ4v) is 6.87. The van der Waals surface area contributed by atoms with E-state index in [-0.39, 0.29) is 29.5 Å². The summed E-state index contributed by atoms with van der Waals surface area (Å²) in [4.78, 5) is 18.9. The quantitative estimate of drug-likeness (QED) is 0.292. The lowest BCUT2D eigenvalue weighted by Gasteiger charge is -2.30. The Bertz CT molecular complexity index is 1410. The molecule has 5 heteroatoms. The maximum Gasteiger partial charge on any atom is 0.149 e. The Morgan fingerprint density at radius 3 is 2.65 bits per heavy atom. The Balaban J connectivity index is 1.31. The summed E-state index contributed by atoms with van der Waals surface area (Å²) in [6.45, 7) is 10.9. The number of rotatable bonds is 8. The molecule has 1 saturated heterocycles. The van der Waals surface area contributed by atoms with Gasteiger partial charge in [0.15, 0.2) is 0 Å². The van der Waals surface area contributed by atoms with E-state index < -0.39 is 0 Å². The van der Waals surface area contributed by atoms with Gasteiger partial charge in [-0.3, -0.25) is 14.7 Å². The van der Waals surface area contributed by atoms with Crippen molar-refractivity contribution in [3.8, 4) is 16.9 Å². The van der Waals surface area contributed by atoms with Gasteiger partial charge in [-0.25, -0.2) is 4.39 Å². The summed E-state index contributed by atoms with van der Waals surface area (Å²) in [5, 5.41) is 0. The van der Waals surface area contributed by atoms with Crippen LogP contribution in [0, 0.1) is 30.5 Å². The summed E-state index contributed by atoms with van der Waals surface area (Å²) in [5.41, 5.74) is 7.12. The predicted molar refractivity (Wildman–Crippen MR) is 157 cm³/mol. The number of ketones is 1. The van der Waals surface area contributed by atoms with Crippen molar-refractivity contribution >= 4 is 5.78 Å². The Hall–Kier alpha value is -3.05. The number of likely N-dealkylation sites (tertiary alicyclic amines) is 1. The average Bonchev–Trinajstić information content (AvgIpc) is 3.69. The van der Waals surface area contributed by atoms with E-state index in [2.05, 4.69) is 60.1 Å². The van der Waals surface area contributed by atoms with Crippen LogP contribution in [0.25, 0.3) is 11.1 Å². The van der Waals surface area contributed by atoms with Crippen LogP contribution in [0.4, 0.5) is 4.39 Å². The van der Waals surface area contributed by atoms with E-state index in [4.69, 9.17) is 4.74 Å². The zero-order chi connectivity index (χ0) is 28.0. The van der Waals surface area contributed by atoms with Gasteiger partial charge in [0.1, 0.15) is 23.5 Å². The average molecular weight is 541 g/mol. The molecule has 0 N–H and O–H groups in total. The summed E-state index contributed by atoms with van der Waals surface area (Å²) in [6, 6.07) is 14.9. The molecular weight excluding hydrogens is 499 g/mol. The van der Waals surface area contributed by atoms with Crippen LogP contribution in [0.2, 0.25) is 0 Å². The van der Waals surface area contributed by atoms with Crippen molar-refractivity contribution in [3.63, 3.8) is 0 Å². The Morgan fingerprint density at radius 1 is 1.10 bits per heavy atom. The van der Waals surface area contributed by atoms with Crippen molar-refractivity contribution in [2.24, 2.45) is 17.8 Å². The maximum atomic E-state index is 15.0. The van der Waals surface area contributed by atoms with Gasteiger partial charge in [0.2, 0.25) is 0 Å². The third-order valence-electron chi connectivity index (χ3n) is 9.42. The molecule has 210 valence electrons. The van der Waals surface area contributed by atoms with Crippen LogP contribution >= 0.6 is 0 Å². The molecule has 6 rings (SSSR count). The molecule has 1 aliphatic carbocycles. The fourth-order valence-electron chi connectivity index (χ4n) is 6.87. The predicted octanol–water partition coefficient (Wildman–Crippen LogP) is 7.82. The van der Waals surface area contributed by atoms with Crippen molar-refractivity contribution in [2.45, 2.75) is 78.4 Å². The van der Waals surface area contributed by atoms with E-state index in [0.29, 0.717) is 17.4 Å². The fraction of sp³-hybridized carbons (Fsp3) is 0.486. The molecule has 2 aliphatic heterocycles. The number of benzene rings is 2. The molecule has 0 bridgehead atoms. The van der Waals surface area contributed by atoms with Gasteiger partial charge in [0.25, 0.3) is 0 Å². The van der Waals surface area contributed by atoms with Crippen LogP contribution in [-0.2, 0) is 17.8 Å². The van der Waals surface area contributed by atoms with Crippen LogP contribution < -0.4 is 4.74 Å². The monoisotopic (exact) mass is 540 g/mol. The van der Waals surface area contributed by atoms with E-state index in [1.165, 1.54) is 36.6 Å². The van der Waals surface area contributed by atoms with Gasteiger partial charge in [-0.05, 0) is 110 Å². The molecule has 0 spiro atoms. The number of aromatic nitrogens is 1. The van der Waals surface area contributed by atoms with E-state index in [9.17, 15) is 9.18 Å². The molecule has 1 saturated carbocycles. The van der Waals surface area contributed by atoms with Crippen molar-refractivity contribution in [1.82, 2.24) is 9.88 Å². The third-order valence-corrected chi connectivity index (χ3v) is 9.42. The second-order valence-electron chi connectivity index (χ2n) is 12.6. The van der Waals surface area contributed by atoms with E-state index in [1.807, 2.05) is 13.0 Å². The number of ether oxygens (including phenoxy) is 1. The van der Waals surface area contributed by atoms with Crippen molar-refractivity contribution in [3.05, 3.63) is 82.4 Å². The normalized spacial score (nSPS) is 22.4. The minimum Gasteiger partial charge on any atom is -0.485 e. The van der Waals surface area contributed by atoms with Crippen LogP contribution in [0.1, 0.15) is 86.4 Å². The standard InChI is InChI=1S/C35H41FN2O2/c1-21-13-14-38(19-21)20-29-16-27(9-11-30(29)31-15-22(2)37-18-32(31)36)33-12-10-25-5-8-28(17-34(25)40-33)35(26-6-7-26)23(3)24(4)39/h5,8-9,11,15-18,21,23,26,33,35H,6-7,10,12-14,19-20H2,1-4H3/t21-,23-,33?,35+/m1/s1. The second-order valence-corrected chi connectivity index (χ2v) is 12.6. The van der Waals surface area contributed by atoms with Gasteiger partial charge in [0, 0.05) is 30.3 Å². The molecule has 4 nitrogen and oxygen atoms in total. The lowest BCUT2D eigenvalue weighted by molar-refractivity contribution is -0.121. The largest absolute Gasteiger partial charge is 0.485 e. The van der Waals surface area contributed by atoms with Crippen LogP contribution in [0.5, 0.6) is 5.75 Å². The number of carbonyl (C=O) groups is 1. The first-order valence-corrected chi connectivity index (χ1v) is 15.0. The van der Waals surface area contributed by atoms with E-state index in [0.717, 1.165) is 60.6 Å². The number of hydrogen-bond donors (Lipinski definition) is 0. The van der Waals surface area contributed by atoms with Crippen molar-refractivity contribution in [2.75, 3.05) is 13.1 Å². The van der Waals surface area contributed by atoms with Crippen molar-refractivity contribution < 1.29 is 13.9 Å². The lowest BCUT2D eigenvalue weighted by Crippen LogP contribution is -2.21. The molecule has 2 fully saturated rings. The van der Waals surface area contributed by atoms with E-state index in [1.54, 1.807) is 6.92 Å². The van der Waals surface area contributed by atoms with E-state index >= 15 is 0 Å². The van der Waals surface area contributed by atoms with Crippen LogP contribution in [-0.4, -0.2) is 28.8 Å². The number of nitrogens with zero attached hydrogens (tertiary/aromatic N) is 2. The summed E-state index contributed by atoms with van der Waals surface area (Å²) in [5.74, 6) is 2.49. The van der Waals surface area contributed by atoms with Gasteiger partial charge in [-0.1, -0.05) is 44.2 Å². The highest BCUT2D eigenvalue weighted by Crippen LogP contribution is 2.48. The Morgan fingerprint density at radius 2 is 1.93 bits per heavy atom. The minimum atomic E-state index is -0.283. The zero-order valence-electron chi connectivity index (χ0n) is 24.3. The molecule has 3 aromatic rings. The Labute approximate surface area is 238 Å². The topological polar surface area (TPSA) is 42.4 Å². The smallest absolute Gasteiger partial charge is 0.149 e. The molecule has 0 radical (unpaired) electrons. The Kier molecular flexibility index (Phi) is 7.52. The number of fused-ring (bicyclic) bond motifs is 1. The summed E-state index contributed by atoms with van der Waals surface area (Å²) in [6.07, 6.45) is 6.74. The molecule has 1 unspecified atom stereocenters. The summed E-state index contributed by atoms with van der Waals surface area (Å²) >= 11 is 0. The number of halogens is 1. The second kappa shape index (κ2) is 11.1. The molecule has 3 heterocycles. The first-order valence-electron chi connectivity index (χ1n) is 15.0. The van der Waals surface area contributed by atoms with Gasteiger partial charge in [0.05, 0.1) is 6.20 Å². The van der Waals surface area contributed by atoms with Gasteiger partial charge >= 0.3 is 0 Å².